The van der Waals surface area contributed by atoms with E-state index in [1.807, 2.05) is 23.6 Å². The van der Waals surface area contributed by atoms with E-state index in [0.29, 0.717) is 6.54 Å². The SMILES string of the molecule is NCC(Oc1ccc2ccccc2c1)c1cc(Br)cs1. The van der Waals surface area contributed by atoms with E-state index in [9.17, 15) is 0 Å². The molecular formula is C16H14BrNOS. The molecule has 0 bridgehead atoms. The maximum atomic E-state index is 6.04. The molecule has 0 saturated heterocycles. The van der Waals surface area contributed by atoms with E-state index >= 15 is 0 Å². The molecule has 4 heteroatoms. The van der Waals surface area contributed by atoms with E-state index < -0.39 is 0 Å². The lowest BCUT2D eigenvalue weighted by Crippen LogP contribution is -2.17. The number of hydrogen-bond acceptors (Lipinski definition) is 3. The van der Waals surface area contributed by atoms with E-state index in [2.05, 4.69) is 46.3 Å². The van der Waals surface area contributed by atoms with Crippen molar-refractivity contribution in [2.75, 3.05) is 6.54 Å². The average Bonchev–Trinajstić information content (AvgIpc) is 2.91. The van der Waals surface area contributed by atoms with Gasteiger partial charge in [-0.05, 0) is 44.9 Å². The van der Waals surface area contributed by atoms with Gasteiger partial charge >= 0.3 is 0 Å². The van der Waals surface area contributed by atoms with Crippen molar-refractivity contribution in [1.29, 1.82) is 0 Å². The van der Waals surface area contributed by atoms with Crippen molar-refractivity contribution in [3.63, 3.8) is 0 Å². The summed E-state index contributed by atoms with van der Waals surface area (Å²) < 4.78 is 7.10. The summed E-state index contributed by atoms with van der Waals surface area (Å²) in [6.07, 6.45) is -0.104. The maximum absolute atomic E-state index is 6.04. The van der Waals surface area contributed by atoms with Gasteiger partial charge in [0.1, 0.15) is 11.9 Å². The van der Waals surface area contributed by atoms with Gasteiger partial charge in [-0.3, -0.25) is 0 Å². The van der Waals surface area contributed by atoms with Gasteiger partial charge in [-0.2, -0.15) is 0 Å². The summed E-state index contributed by atoms with van der Waals surface area (Å²) >= 11 is 5.11. The number of fused-ring (bicyclic) bond motifs is 1. The quantitative estimate of drug-likeness (QED) is 0.739. The maximum Gasteiger partial charge on any atom is 0.145 e. The Kier molecular flexibility index (Phi) is 4.05. The van der Waals surface area contributed by atoms with Gasteiger partial charge in [0.25, 0.3) is 0 Å². The van der Waals surface area contributed by atoms with Gasteiger partial charge in [-0.25, -0.2) is 0 Å². The van der Waals surface area contributed by atoms with Crippen molar-refractivity contribution in [2.24, 2.45) is 5.73 Å². The van der Waals surface area contributed by atoms with Gasteiger partial charge in [0, 0.05) is 21.3 Å². The summed E-state index contributed by atoms with van der Waals surface area (Å²) in [5.74, 6) is 0.851. The predicted molar refractivity (Wildman–Crippen MR) is 88.4 cm³/mol. The number of rotatable bonds is 4. The van der Waals surface area contributed by atoms with Gasteiger partial charge in [-0.15, -0.1) is 11.3 Å². The summed E-state index contributed by atoms with van der Waals surface area (Å²) in [5.41, 5.74) is 5.84. The van der Waals surface area contributed by atoms with Crippen molar-refractivity contribution in [1.82, 2.24) is 0 Å². The molecule has 0 saturated carbocycles. The summed E-state index contributed by atoms with van der Waals surface area (Å²) in [4.78, 5) is 1.13. The molecular weight excluding hydrogens is 334 g/mol. The number of ether oxygens (including phenoxy) is 1. The summed E-state index contributed by atoms with van der Waals surface area (Å²) in [7, 11) is 0. The van der Waals surface area contributed by atoms with Crippen LogP contribution in [0.4, 0.5) is 0 Å². The fourth-order valence-electron chi connectivity index (χ4n) is 2.12. The third-order valence-electron chi connectivity index (χ3n) is 3.12. The first-order valence-corrected chi connectivity index (χ1v) is 8.03. The number of thiophene rings is 1. The van der Waals surface area contributed by atoms with Gasteiger partial charge in [0.2, 0.25) is 0 Å². The number of halogens is 1. The topological polar surface area (TPSA) is 35.2 Å². The highest BCUT2D eigenvalue weighted by molar-refractivity contribution is 9.10. The molecule has 1 unspecified atom stereocenters. The zero-order chi connectivity index (χ0) is 13.9. The Hall–Kier alpha value is -1.36. The zero-order valence-electron chi connectivity index (χ0n) is 10.8. The highest BCUT2D eigenvalue weighted by atomic mass is 79.9. The van der Waals surface area contributed by atoms with E-state index in [1.54, 1.807) is 11.3 Å². The summed E-state index contributed by atoms with van der Waals surface area (Å²) in [5, 5.41) is 4.43. The van der Waals surface area contributed by atoms with Crippen LogP contribution < -0.4 is 10.5 Å². The van der Waals surface area contributed by atoms with Crippen LogP contribution in [0.15, 0.2) is 58.4 Å². The number of nitrogens with two attached hydrogens (primary N) is 1. The van der Waals surface area contributed by atoms with Crippen molar-refractivity contribution >= 4 is 38.0 Å². The van der Waals surface area contributed by atoms with Crippen molar-refractivity contribution in [3.8, 4) is 5.75 Å². The Labute approximate surface area is 130 Å². The predicted octanol–water partition coefficient (Wildman–Crippen LogP) is 4.74. The highest BCUT2D eigenvalue weighted by Gasteiger charge is 2.14. The van der Waals surface area contributed by atoms with Crippen molar-refractivity contribution in [3.05, 3.63) is 63.3 Å². The molecule has 3 rings (SSSR count). The zero-order valence-corrected chi connectivity index (χ0v) is 13.2. The molecule has 0 aliphatic carbocycles. The van der Waals surface area contributed by atoms with Crippen molar-refractivity contribution in [2.45, 2.75) is 6.10 Å². The fourth-order valence-corrected chi connectivity index (χ4v) is 3.61. The van der Waals surface area contributed by atoms with Crippen LogP contribution in [0.5, 0.6) is 5.75 Å². The van der Waals surface area contributed by atoms with Gasteiger partial charge in [-0.1, -0.05) is 30.3 Å². The van der Waals surface area contributed by atoms with E-state index in [0.717, 1.165) is 15.1 Å². The first-order chi connectivity index (χ1) is 9.76. The molecule has 0 radical (unpaired) electrons. The van der Waals surface area contributed by atoms with Crippen LogP contribution >= 0.6 is 27.3 Å². The second-order valence-corrected chi connectivity index (χ2v) is 6.38. The van der Waals surface area contributed by atoms with Crippen LogP contribution in [-0.4, -0.2) is 6.54 Å². The van der Waals surface area contributed by atoms with Crippen LogP contribution in [-0.2, 0) is 0 Å². The molecule has 1 heterocycles. The minimum Gasteiger partial charge on any atom is -0.484 e. The monoisotopic (exact) mass is 347 g/mol. The molecule has 2 N–H and O–H groups in total. The lowest BCUT2D eigenvalue weighted by Gasteiger charge is -2.16. The Balaban J connectivity index is 1.87. The third-order valence-corrected chi connectivity index (χ3v) is 4.90. The van der Waals surface area contributed by atoms with Gasteiger partial charge in [0.15, 0.2) is 0 Å². The average molecular weight is 348 g/mol. The standard InChI is InChI=1S/C16H14BrNOS/c17-13-8-16(20-10-13)15(9-18)19-14-6-5-11-3-1-2-4-12(11)7-14/h1-8,10,15H,9,18H2. The lowest BCUT2D eigenvalue weighted by molar-refractivity contribution is 0.218. The first kappa shape index (κ1) is 13.6. The van der Waals surface area contributed by atoms with Gasteiger partial charge in [0.05, 0.1) is 0 Å². The molecule has 0 amide bonds. The van der Waals surface area contributed by atoms with Crippen LogP contribution in [0.3, 0.4) is 0 Å². The smallest absolute Gasteiger partial charge is 0.145 e. The Bertz CT molecular complexity index is 725. The minimum atomic E-state index is -0.104. The Morgan fingerprint density at radius 2 is 1.90 bits per heavy atom. The Morgan fingerprint density at radius 3 is 2.60 bits per heavy atom. The molecule has 1 aromatic heterocycles. The van der Waals surface area contributed by atoms with Crippen LogP contribution in [0, 0.1) is 0 Å². The van der Waals surface area contributed by atoms with E-state index in [1.165, 1.54) is 10.8 Å². The molecule has 1 atom stereocenters. The molecule has 0 aliphatic heterocycles. The molecule has 0 fully saturated rings. The van der Waals surface area contributed by atoms with E-state index in [4.69, 9.17) is 10.5 Å². The van der Waals surface area contributed by atoms with Crippen LogP contribution in [0.25, 0.3) is 10.8 Å². The number of benzene rings is 2. The second kappa shape index (κ2) is 5.95. The lowest BCUT2D eigenvalue weighted by atomic mass is 10.1. The Morgan fingerprint density at radius 1 is 1.10 bits per heavy atom. The molecule has 102 valence electrons. The van der Waals surface area contributed by atoms with Crippen molar-refractivity contribution < 1.29 is 4.74 Å². The summed E-state index contributed by atoms with van der Waals surface area (Å²) in [6, 6.07) is 16.4. The summed E-state index contributed by atoms with van der Waals surface area (Å²) in [6.45, 7) is 0.458. The van der Waals surface area contributed by atoms with Gasteiger partial charge < -0.3 is 10.5 Å². The van der Waals surface area contributed by atoms with E-state index in [-0.39, 0.29) is 6.10 Å². The molecule has 2 aromatic carbocycles. The third kappa shape index (κ3) is 2.87. The molecule has 2 nitrogen and oxygen atoms in total. The molecule has 0 aliphatic rings. The second-order valence-electron chi connectivity index (χ2n) is 4.52. The first-order valence-electron chi connectivity index (χ1n) is 6.36. The molecule has 3 aromatic rings. The minimum absolute atomic E-state index is 0.104. The van der Waals surface area contributed by atoms with Crippen LogP contribution in [0.1, 0.15) is 11.0 Å². The molecule has 0 spiro atoms. The fraction of sp³-hybridized carbons (Fsp3) is 0.125. The normalized spacial score (nSPS) is 12.5. The number of hydrogen-bond donors (Lipinski definition) is 1. The van der Waals surface area contributed by atoms with Crippen LogP contribution in [0.2, 0.25) is 0 Å². The largest absolute Gasteiger partial charge is 0.484 e. The molecule has 20 heavy (non-hydrogen) atoms. The highest BCUT2D eigenvalue weighted by Crippen LogP contribution is 2.30.